The summed E-state index contributed by atoms with van der Waals surface area (Å²) in [5, 5.41) is 2.94. The number of anilines is 1. The van der Waals surface area contributed by atoms with Gasteiger partial charge in [0.2, 0.25) is 5.91 Å². The van der Waals surface area contributed by atoms with E-state index in [9.17, 15) is 9.59 Å². The Balaban J connectivity index is 1.77. The number of methoxy groups -OCH3 is 2. The van der Waals surface area contributed by atoms with E-state index < -0.39 is 0 Å². The molecule has 31 heavy (non-hydrogen) atoms. The summed E-state index contributed by atoms with van der Waals surface area (Å²) in [5.74, 6) is 1.24. The molecule has 2 aromatic rings. The molecule has 1 fully saturated rings. The molecule has 0 saturated carbocycles. The molecule has 0 bridgehead atoms. The summed E-state index contributed by atoms with van der Waals surface area (Å²) in [5.41, 5.74) is 1.55. The fraction of sp³-hybridized carbons (Fsp3) is 0.417. The molecule has 0 spiro atoms. The number of rotatable bonds is 8. The number of urea groups is 1. The van der Waals surface area contributed by atoms with E-state index in [1.807, 2.05) is 42.2 Å². The molecular weight excluding hydrogens is 394 g/mol. The quantitative estimate of drug-likeness (QED) is 0.684. The van der Waals surface area contributed by atoms with Crippen LogP contribution in [0.25, 0.3) is 0 Å². The van der Waals surface area contributed by atoms with Crippen LogP contribution in [0.4, 0.5) is 10.5 Å². The van der Waals surface area contributed by atoms with Gasteiger partial charge in [0.05, 0.1) is 25.9 Å². The molecule has 7 nitrogen and oxygen atoms in total. The van der Waals surface area contributed by atoms with Crippen LogP contribution in [0.2, 0.25) is 0 Å². The second-order valence-electron chi connectivity index (χ2n) is 7.61. The van der Waals surface area contributed by atoms with Crippen LogP contribution in [0.5, 0.6) is 11.5 Å². The number of hydrogen-bond donors (Lipinski definition) is 1. The molecule has 1 N–H and O–H groups in total. The van der Waals surface area contributed by atoms with Gasteiger partial charge in [0.25, 0.3) is 0 Å². The van der Waals surface area contributed by atoms with Crippen LogP contribution in [0, 0.1) is 0 Å². The molecule has 0 aliphatic carbocycles. The van der Waals surface area contributed by atoms with Crippen molar-refractivity contribution in [2.75, 3.05) is 39.2 Å². The lowest BCUT2D eigenvalue weighted by molar-refractivity contribution is -0.130. The molecule has 7 heteroatoms. The van der Waals surface area contributed by atoms with Crippen LogP contribution in [-0.4, -0.2) is 55.6 Å². The molecule has 0 radical (unpaired) electrons. The third-order valence-corrected chi connectivity index (χ3v) is 5.69. The number of benzene rings is 2. The first kappa shape index (κ1) is 22.5. The minimum absolute atomic E-state index is 0.0950. The maximum atomic E-state index is 13.3. The summed E-state index contributed by atoms with van der Waals surface area (Å²) >= 11 is 0. The first-order chi connectivity index (χ1) is 15.0. The van der Waals surface area contributed by atoms with Crippen molar-refractivity contribution in [3.63, 3.8) is 0 Å². The smallest absolute Gasteiger partial charge is 0.322 e. The molecule has 0 aromatic heterocycles. The second kappa shape index (κ2) is 10.7. The fourth-order valence-corrected chi connectivity index (χ4v) is 3.81. The van der Waals surface area contributed by atoms with E-state index in [1.54, 1.807) is 37.3 Å². The topological polar surface area (TPSA) is 71.1 Å². The number of nitrogens with zero attached hydrogens (tertiary/aromatic N) is 2. The van der Waals surface area contributed by atoms with E-state index in [0.29, 0.717) is 30.2 Å². The first-order valence-electron chi connectivity index (χ1n) is 10.7. The predicted octanol–water partition coefficient (Wildman–Crippen LogP) is 4.31. The fourth-order valence-electron chi connectivity index (χ4n) is 3.81. The molecule has 1 aliphatic rings. The van der Waals surface area contributed by atoms with E-state index in [-0.39, 0.29) is 18.0 Å². The molecule has 3 rings (SSSR count). The lowest BCUT2D eigenvalue weighted by atomic mass is 10.1. The van der Waals surface area contributed by atoms with E-state index in [2.05, 4.69) is 5.32 Å². The minimum Gasteiger partial charge on any atom is -0.497 e. The van der Waals surface area contributed by atoms with Crippen molar-refractivity contribution in [3.8, 4) is 11.5 Å². The van der Waals surface area contributed by atoms with Gasteiger partial charge in [-0.3, -0.25) is 4.79 Å². The third kappa shape index (κ3) is 5.69. The zero-order valence-corrected chi connectivity index (χ0v) is 18.5. The van der Waals surface area contributed by atoms with Gasteiger partial charge in [0.15, 0.2) is 0 Å². The third-order valence-electron chi connectivity index (χ3n) is 5.69. The summed E-state index contributed by atoms with van der Waals surface area (Å²) in [4.78, 5) is 29.5. The second-order valence-corrected chi connectivity index (χ2v) is 7.61. The van der Waals surface area contributed by atoms with Crippen LogP contribution < -0.4 is 14.8 Å². The van der Waals surface area contributed by atoms with Crippen LogP contribution in [-0.2, 0) is 4.79 Å². The Bertz CT molecular complexity index is 882. The highest BCUT2D eigenvalue weighted by molar-refractivity contribution is 5.91. The Morgan fingerprint density at radius 2 is 1.77 bits per heavy atom. The van der Waals surface area contributed by atoms with Gasteiger partial charge in [-0.1, -0.05) is 30.3 Å². The van der Waals surface area contributed by atoms with Crippen molar-refractivity contribution in [1.82, 2.24) is 9.80 Å². The SMILES string of the molecule is COc1ccc(NC(=O)N(CCC(=O)N2CCCC2)C(C)c2ccccc2)c(OC)c1. The molecule has 2 aromatic carbocycles. The Morgan fingerprint density at radius 1 is 1.06 bits per heavy atom. The molecular formula is C24H31N3O4. The zero-order chi connectivity index (χ0) is 22.2. The molecule has 1 aliphatic heterocycles. The molecule has 1 saturated heterocycles. The summed E-state index contributed by atoms with van der Waals surface area (Å²) < 4.78 is 10.6. The van der Waals surface area contributed by atoms with Gasteiger partial charge in [0, 0.05) is 32.1 Å². The highest BCUT2D eigenvalue weighted by atomic mass is 16.5. The maximum Gasteiger partial charge on any atom is 0.322 e. The number of likely N-dealkylation sites (tertiary alicyclic amines) is 1. The van der Waals surface area contributed by atoms with Crippen molar-refractivity contribution >= 4 is 17.6 Å². The average Bonchev–Trinajstić information content (AvgIpc) is 3.35. The summed E-state index contributed by atoms with van der Waals surface area (Å²) in [7, 11) is 3.12. The Labute approximate surface area is 183 Å². The lowest BCUT2D eigenvalue weighted by Gasteiger charge is -2.30. The number of nitrogens with one attached hydrogen (secondary N) is 1. The van der Waals surface area contributed by atoms with Gasteiger partial charge < -0.3 is 24.6 Å². The van der Waals surface area contributed by atoms with E-state index in [1.165, 1.54) is 0 Å². The normalized spacial score (nSPS) is 14.1. The van der Waals surface area contributed by atoms with Crippen LogP contribution in [0.3, 0.4) is 0 Å². The van der Waals surface area contributed by atoms with Crippen molar-refractivity contribution in [3.05, 3.63) is 54.1 Å². The van der Waals surface area contributed by atoms with E-state index in [0.717, 1.165) is 31.5 Å². The maximum absolute atomic E-state index is 13.3. The highest BCUT2D eigenvalue weighted by Gasteiger charge is 2.25. The van der Waals surface area contributed by atoms with Crippen molar-refractivity contribution in [1.29, 1.82) is 0 Å². The average molecular weight is 426 g/mol. The summed E-state index contributed by atoms with van der Waals surface area (Å²) in [6.07, 6.45) is 2.39. The van der Waals surface area contributed by atoms with Gasteiger partial charge in [-0.25, -0.2) is 4.79 Å². The predicted molar refractivity (Wildman–Crippen MR) is 121 cm³/mol. The largest absolute Gasteiger partial charge is 0.497 e. The van der Waals surface area contributed by atoms with Crippen LogP contribution in [0.15, 0.2) is 48.5 Å². The van der Waals surface area contributed by atoms with Gasteiger partial charge in [-0.05, 0) is 37.5 Å². The van der Waals surface area contributed by atoms with Crippen molar-refractivity contribution in [2.45, 2.75) is 32.2 Å². The Morgan fingerprint density at radius 3 is 2.42 bits per heavy atom. The van der Waals surface area contributed by atoms with Gasteiger partial charge in [0.1, 0.15) is 11.5 Å². The number of hydrogen-bond acceptors (Lipinski definition) is 4. The standard InChI is InChI=1S/C24H31N3O4/c1-18(19-9-5-4-6-10-19)27(16-13-23(28)26-14-7-8-15-26)24(29)25-21-12-11-20(30-2)17-22(21)31-3/h4-6,9-12,17-18H,7-8,13-16H2,1-3H3,(H,25,29). The van der Waals surface area contributed by atoms with Gasteiger partial charge in [-0.2, -0.15) is 0 Å². The number of ether oxygens (including phenoxy) is 2. The van der Waals surface area contributed by atoms with Crippen molar-refractivity contribution in [2.24, 2.45) is 0 Å². The first-order valence-corrected chi connectivity index (χ1v) is 10.7. The molecule has 1 heterocycles. The Hall–Kier alpha value is -3.22. The Kier molecular flexibility index (Phi) is 7.76. The van der Waals surface area contributed by atoms with Crippen LogP contribution >= 0.6 is 0 Å². The molecule has 1 atom stereocenters. The monoisotopic (exact) mass is 425 g/mol. The zero-order valence-electron chi connectivity index (χ0n) is 18.5. The lowest BCUT2D eigenvalue weighted by Crippen LogP contribution is -2.40. The number of amides is 3. The van der Waals surface area contributed by atoms with E-state index >= 15 is 0 Å². The summed E-state index contributed by atoms with van der Waals surface area (Å²) in [6.45, 7) is 3.92. The van der Waals surface area contributed by atoms with Crippen LogP contribution in [0.1, 0.15) is 37.8 Å². The highest BCUT2D eigenvalue weighted by Crippen LogP contribution is 2.30. The molecule has 1 unspecified atom stereocenters. The van der Waals surface area contributed by atoms with Crippen molar-refractivity contribution < 1.29 is 19.1 Å². The number of carbonyl (C=O) groups is 2. The summed E-state index contributed by atoms with van der Waals surface area (Å²) in [6, 6.07) is 14.6. The molecule has 3 amide bonds. The van der Waals surface area contributed by atoms with Gasteiger partial charge >= 0.3 is 6.03 Å². The number of carbonyl (C=O) groups excluding carboxylic acids is 2. The minimum atomic E-state index is -0.283. The van der Waals surface area contributed by atoms with E-state index in [4.69, 9.17) is 9.47 Å². The van der Waals surface area contributed by atoms with Gasteiger partial charge in [-0.15, -0.1) is 0 Å². The molecule has 166 valence electrons.